The maximum absolute atomic E-state index is 13.4. The number of nitrogens with one attached hydrogen (secondary N) is 1. The number of hydrogen-bond acceptors (Lipinski definition) is 7. The number of nitrogen functional groups attached to an aromatic ring is 1. The first-order chi connectivity index (χ1) is 16.8. The molecule has 2 heterocycles. The van der Waals surface area contributed by atoms with Crippen molar-refractivity contribution in [3.05, 3.63) is 82.9 Å². The average Bonchev–Trinajstić information content (AvgIpc) is 3.10. The molecule has 3 aromatic carbocycles. The third-order valence-corrected chi connectivity index (χ3v) is 5.66. The molecule has 0 saturated carbocycles. The van der Waals surface area contributed by atoms with Crippen LogP contribution in [-0.2, 0) is 0 Å². The zero-order valence-electron chi connectivity index (χ0n) is 19.0. The lowest BCUT2D eigenvalue weighted by Crippen LogP contribution is -2.15. The van der Waals surface area contributed by atoms with E-state index in [2.05, 4.69) is 20.4 Å². The fraction of sp³-hybridized carbons (Fsp3) is 0.0769. The lowest BCUT2D eigenvalue weighted by molar-refractivity contribution is 0.102. The summed E-state index contributed by atoms with van der Waals surface area (Å²) in [5, 5.41) is 26.7. The van der Waals surface area contributed by atoms with Crippen LogP contribution in [0.2, 0.25) is 0 Å². The molecule has 0 spiro atoms. The number of amides is 1. The van der Waals surface area contributed by atoms with Crippen LogP contribution in [0.5, 0.6) is 11.5 Å². The summed E-state index contributed by atoms with van der Waals surface area (Å²) in [5.41, 5.74) is 11.6. The average molecular weight is 467 g/mol. The van der Waals surface area contributed by atoms with Crippen LogP contribution < -0.4 is 11.1 Å². The minimum absolute atomic E-state index is 0.0670. The Morgan fingerprint density at radius 2 is 1.74 bits per heavy atom. The number of nitrogens with zero attached hydrogens (tertiary/aromatic N) is 4. The van der Waals surface area contributed by atoms with Gasteiger partial charge in [0.2, 0.25) is 0 Å². The predicted octanol–water partition coefficient (Wildman–Crippen LogP) is 4.33. The lowest BCUT2D eigenvalue weighted by atomic mass is 10.1. The number of aryl methyl sites for hydroxylation is 2. The van der Waals surface area contributed by atoms with Gasteiger partial charge in [-0.1, -0.05) is 24.3 Å². The summed E-state index contributed by atoms with van der Waals surface area (Å²) in [6.07, 6.45) is 1.44. The van der Waals surface area contributed by atoms with Crippen molar-refractivity contribution >= 4 is 45.8 Å². The van der Waals surface area contributed by atoms with Crippen molar-refractivity contribution in [3.63, 3.8) is 0 Å². The third-order valence-electron chi connectivity index (χ3n) is 5.66. The Kier molecular flexibility index (Phi) is 5.29. The van der Waals surface area contributed by atoms with Crippen LogP contribution in [0.1, 0.15) is 27.0 Å². The topological polar surface area (TPSA) is 139 Å². The van der Waals surface area contributed by atoms with Crippen LogP contribution in [0.4, 0.5) is 11.5 Å². The van der Waals surface area contributed by atoms with Gasteiger partial charge in [-0.3, -0.25) is 4.79 Å². The number of aromatic nitrogens is 3. The number of fused-ring (bicyclic) bond motifs is 2. The molecule has 9 heteroatoms. The number of carbonyl (C=O) groups is 1. The molecule has 1 amide bonds. The number of phenolic OH excluding ortho intramolecular Hbond substituents is 2. The van der Waals surface area contributed by atoms with Crippen molar-refractivity contribution in [1.82, 2.24) is 14.6 Å². The highest BCUT2D eigenvalue weighted by atomic mass is 16.3. The Labute approximate surface area is 200 Å². The second kappa shape index (κ2) is 8.45. The molecule has 35 heavy (non-hydrogen) atoms. The van der Waals surface area contributed by atoms with Crippen molar-refractivity contribution < 1.29 is 15.0 Å². The summed E-state index contributed by atoms with van der Waals surface area (Å²) in [6, 6.07) is 17.4. The van der Waals surface area contributed by atoms with Gasteiger partial charge in [-0.05, 0) is 66.9 Å². The van der Waals surface area contributed by atoms with Crippen molar-refractivity contribution in [1.29, 1.82) is 0 Å². The summed E-state index contributed by atoms with van der Waals surface area (Å²) in [6.45, 7) is 3.86. The standard InChI is InChI=1S/C26H22N6O3/c1-14-7-8-15(2)19(11-14)31-26(35)22-23-25(30-18-6-4-3-5-17(18)29-23)32(24(22)27)28-13-16-9-10-20(33)21(34)12-16/h3-13,33-34H,27H2,1-2H3,(H,31,35)/b28-13-. The highest BCUT2D eigenvalue weighted by Crippen LogP contribution is 2.30. The van der Waals surface area contributed by atoms with E-state index in [1.54, 1.807) is 6.07 Å². The molecule has 0 unspecified atom stereocenters. The second-order valence-corrected chi connectivity index (χ2v) is 8.22. The first kappa shape index (κ1) is 21.9. The number of benzene rings is 3. The molecule has 5 rings (SSSR count). The monoisotopic (exact) mass is 466 g/mol. The summed E-state index contributed by atoms with van der Waals surface area (Å²) in [7, 11) is 0. The largest absolute Gasteiger partial charge is 0.504 e. The van der Waals surface area contributed by atoms with Crippen molar-refractivity contribution in [2.75, 3.05) is 11.1 Å². The molecule has 2 aromatic heterocycles. The number of rotatable bonds is 4. The quantitative estimate of drug-likeness (QED) is 0.230. The molecule has 0 atom stereocenters. The molecular weight excluding hydrogens is 444 g/mol. The van der Waals surface area contributed by atoms with Crippen LogP contribution in [0, 0.1) is 13.8 Å². The molecule has 0 aliphatic heterocycles. The van der Waals surface area contributed by atoms with E-state index in [0.29, 0.717) is 33.4 Å². The molecule has 5 N–H and O–H groups in total. The molecule has 0 aliphatic rings. The molecule has 0 aliphatic carbocycles. The van der Waals surface area contributed by atoms with E-state index in [1.165, 1.54) is 23.0 Å². The summed E-state index contributed by atoms with van der Waals surface area (Å²) < 4.78 is 1.34. The Balaban J connectivity index is 1.67. The Morgan fingerprint density at radius 3 is 2.49 bits per heavy atom. The number of aromatic hydroxyl groups is 2. The molecule has 174 valence electrons. The van der Waals surface area contributed by atoms with Gasteiger partial charge in [0.25, 0.3) is 5.91 Å². The molecule has 0 saturated heterocycles. The highest BCUT2D eigenvalue weighted by Gasteiger charge is 2.24. The summed E-state index contributed by atoms with van der Waals surface area (Å²) >= 11 is 0. The van der Waals surface area contributed by atoms with Gasteiger partial charge in [-0.25, -0.2) is 9.97 Å². The second-order valence-electron chi connectivity index (χ2n) is 8.22. The van der Waals surface area contributed by atoms with Gasteiger partial charge < -0.3 is 21.3 Å². The van der Waals surface area contributed by atoms with Gasteiger partial charge >= 0.3 is 0 Å². The number of anilines is 2. The van der Waals surface area contributed by atoms with Crippen LogP contribution in [0.15, 0.2) is 65.8 Å². The number of para-hydroxylation sites is 2. The predicted molar refractivity (Wildman–Crippen MR) is 136 cm³/mol. The van der Waals surface area contributed by atoms with Crippen LogP contribution in [-0.4, -0.2) is 37.0 Å². The molecule has 0 bridgehead atoms. The number of nitrogens with two attached hydrogens (primary N) is 1. The van der Waals surface area contributed by atoms with Gasteiger partial charge in [0.05, 0.1) is 17.2 Å². The normalized spacial score (nSPS) is 11.5. The van der Waals surface area contributed by atoms with E-state index < -0.39 is 5.91 Å². The van der Waals surface area contributed by atoms with Crippen molar-refractivity contribution in [2.45, 2.75) is 13.8 Å². The van der Waals surface area contributed by atoms with Crippen molar-refractivity contribution in [2.24, 2.45) is 5.10 Å². The van der Waals surface area contributed by atoms with Gasteiger partial charge in [0, 0.05) is 5.69 Å². The zero-order valence-corrected chi connectivity index (χ0v) is 19.0. The van der Waals surface area contributed by atoms with Gasteiger partial charge in [-0.2, -0.15) is 9.78 Å². The molecule has 5 aromatic rings. The van der Waals surface area contributed by atoms with Crippen LogP contribution in [0.25, 0.3) is 22.2 Å². The van der Waals surface area contributed by atoms with E-state index in [9.17, 15) is 15.0 Å². The van der Waals surface area contributed by atoms with E-state index in [-0.39, 0.29) is 22.9 Å². The number of carbonyl (C=O) groups excluding carboxylic acids is 1. The minimum atomic E-state index is -0.429. The Bertz CT molecular complexity index is 1650. The number of phenols is 2. The SMILES string of the molecule is Cc1ccc(C)c(NC(=O)c2c(N)n(/N=C\c3ccc(O)c(O)c3)c3nc4ccccc4nc23)c1. The maximum atomic E-state index is 13.4. The third kappa shape index (κ3) is 3.99. The van der Waals surface area contributed by atoms with E-state index in [4.69, 9.17) is 5.73 Å². The fourth-order valence-electron chi connectivity index (χ4n) is 3.79. The summed E-state index contributed by atoms with van der Waals surface area (Å²) in [5.74, 6) is -0.881. The first-order valence-electron chi connectivity index (χ1n) is 10.8. The van der Waals surface area contributed by atoms with Crippen LogP contribution in [0.3, 0.4) is 0 Å². The maximum Gasteiger partial charge on any atom is 0.261 e. The van der Waals surface area contributed by atoms with E-state index in [0.717, 1.165) is 11.1 Å². The summed E-state index contributed by atoms with van der Waals surface area (Å²) in [4.78, 5) is 22.8. The number of hydrogen-bond donors (Lipinski definition) is 4. The fourth-order valence-corrected chi connectivity index (χ4v) is 3.79. The molecular formula is C26H22N6O3. The van der Waals surface area contributed by atoms with Crippen LogP contribution >= 0.6 is 0 Å². The highest BCUT2D eigenvalue weighted by molar-refractivity contribution is 6.16. The Morgan fingerprint density at radius 1 is 1.00 bits per heavy atom. The van der Waals surface area contributed by atoms with Gasteiger partial charge in [0.15, 0.2) is 17.1 Å². The molecule has 9 nitrogen and oxygen atoms in total. The lowest BCUT2D eigenvalue weighted by Gasteiger charge is -2.09. The van der Waals surface area contributed by atoms with E-state index >= 15 is 0 Å². The van der Waals surface area contributed by atoms with Crippen molar-refractivity contribution in [3.8, 4) is 11.5 Å². The minimum Gasteiger partial charge on any atom is -0.504 e. The molecule has 0 radical (unpaired) electrons. The molecule has 0 fully saturated rings. The Hall–Kier alpha value is -4.92. The van der Waals surface area contributed by atoms with Gasteiger partial charge in [-0.15, -0.1) is 0 Å². The van der Waals surface area contributed by atoms with E-state index in [1.807, 2.05) is 56.3 Å². The zero-order chi connectivity index (χ0) is 24.7. The first-order valence-corrected chi connectivity index (χ1v) is 10.8. The van der Waals surface area contributed by atoms with Gasteiger partial charge in [0.1, 0.15) is 16.9 Å². The smallest absolute Gasteiger partial charge is 0.261 e.